The van der Waals surface area contributed by atoms with Gasteiger partial charge in [0.2, 0.25) is 0 Å². The van der Waals surface area contributed by atoms with E-state index < -0.39 is 0 Å². The van der Waals surface area contributed by atoms with Crippen molar-refractivity contribution in [3.05, 3.63) is 0 Å². The molecule has 1 unspecified atom stereocenters. The fourth-order valence-corrected chi connectivity index (χ4v) is 3.37. The van der Waals surface area contributed by atoms with Crippen molar-refractivity contribution >= 4 is 0 Å². The molecule has 0 saturated carbocycles. The molecule has 0 fully saturated rings. The normalized spacial score (nSPS) is 13.0. The molecule has 1 N–H and O–H groups in total. The molecule has 0 amide bonds. The number of unbranched alkanes of at least 4 members (excludes halogenated alkanes) is 8. The Morgan fingerprint density at radius 3 is 1.62 bits per heavy atom. The first-order valence-electron chi connectivity index (χ1n) is 10.0. The van der Waals surface area contributed by atoms with Gasteiger partial charge in [0.25, 0.3) is 0 Å². The molecule has 0 aromatic rings. The maximum atomic E-state index is 3.80. The van der Waals surface area contributed by atoms with Gasteiger partial charge in [-0.2, -0.15) is 0 Å². The third-order valence-corrected chi connectivity index (χ3v) is 4.89. The van der Waals surface area contributed by atoms with E-state index in [-0.39, 0.29) is 0 Å². The molecule has 21 heavy (non-hydrogen) atoms. The third-order valence-electron chi connectivity index (χ3n) is 4.89. The van der Waals surface area contributed by atoms with Gasteiger partial charge in [0.1, 0.15) is 0 Å². The fraction of sp³-hybridized carbons (Fsp3) is 1.00. The minimum absolute atomic E-state index is 0.768. The van der Waals surface area contributed by atoms with Crippen LogP contribution in [0, 0.1) is 5.92 Å². The van der Waals surface area contributed by atoms with Crippen LogP contribution in [0.2, 0.25) is 0 Å². The predicted octanol–water partition coefficient (Wildman–Crippen LogP) is 6.71. The van der Waals surface area contributed by atoms with Gasteiger partial charge in [-0.25, -0.2) is 0 Å². The van der Waals surface area contributed by atoms with Gasteiger partial charge in [-0.1, -0.05) is 98.3 Å². The molecule has 0 aromatic heterocycles. The molecule has 0 bridgehead atoms. The SMILES string of the molecule is CCCCCCCCCCCC(NCCC)C(CC)CC. The van der Waals surface area contributed by atoms with Crippen molar-refractivity contribution in [2.45, 2.75) is 117 Å². The summed E-state index contributed by atoms with van der Waals surface area (Å²) >= 11 is 0. The van der Waals surface area contributed by atoms with Gasteiger partial charge in [0, 0.05) is 6.04 Å². The molecular formula is C20H43N. The Hall–Kier alpha value is -0.0400. The summed E-state index contributed by atoms with van der Waals surface area (Å²) in [4.78, 5) is 0. The lowest BCUT2D eigenvalue weighted by atomic mass is 9.90. The summed E-state index contributed by atoms with van der Waals surface area (Å²) in [6, 6.07) is 0.768. The molecule has 0 saturated heterocycles. The van der Waals surface area contributed by atoms with Crippen LogP contribution in [0.15, 0.2) is 0 Å². The Bertz CT molecular complexity index is 186. The first-order chi connectivity index (χ1) is 10.3. The molecule has 128 valence electrons. The Labute approximate surface area is 135 Å². The molecule has 0 rings (SSSR count). The highest BCUT2D eigenvalue weighted by atomic mass is 14.9. The van der Waals surface area contributed by atoms with Gasteiger partial charge >= 0.3 is 0 Å². The summed E-state index contributed by atoms with van der Waals surface area (Å²) in [7, 11) is 0. The zero-order valence-electron chi connectivity index (χ0n) is 15.6. The van der Waals surface area contributed by atoms with Gasteiger partial charge in [-0.3, -0.25) is 0 Å². The molecule has 0 spiro atoms. The van der Waals surface area contributed by atoms with Crippen molar-refractivity contribution in [3.8, 4) is 0 Å². The van der Waals surface area contributed by atoms with Crippen LogP contribution < -0.4 is 5.32 Å². The number of hydrogen-bond donors (Lipinski definition) is 1. The maximum absolute atomic E-state index is 3.80. The van der Waals surface area contributed by atoms with E-state index in [1.165, 1.54) is 90.0 Å². The summed E-state index contributed by atoms with van der Waals surface area (Å²) < 4.78 is 0. The van der Waals surface area contributed by atoms with E-state index in [1.807, 2.05) is 0 Å². The smallest absolute Gasteiger partial charge is 0.00951 e. The van der Waals surface area contributed by atoms with Gasteiger partial charge in [0.15, 0.2) is 0 Å². The second-order valence-corrected chi connectivity index (χ2v) is 6.75. The summed E-state index contributed by atoms with van der Waals surface area (Å²) in [6.07, 6.45) is 18.3. The molecular weight excluding hydrogens is 254 g/mol. The van der Waals surface area contributed by atoms with Crippen LogP contribution in [0.5, 0.6) is 0 Å². The maximum Gasteiger partial charge on any atom is 0.00951 e. The Balaban J connectivity index is 3.62. The molecule has 0 aliphatic carbocycles. The summed E-state index contributed by atoms with van der Waals surface area (Å²) in [5.41, 5.74) is 0. The summed E-state index contributed by atoms with van der Waals surface area (Å²) in [5, 5.41) is 3.80. The highest BCUT2D eigenvalue weighted by Crippen LogP contribution is 2.19. The molecule has 0 aromatic carbocycles. The van der Waals surface area contributed by atoms with Crippen molar-refractivity contribution in [1.82, 2.24) is 5.32 Å². The van der Waals surface area contributed by atoms with E-state index in [2.05, 4.69) is 33.0 Å². The van der Waals surface area contributed by atoms with Crippen molar-refractivity contribution in [2.75, 3.05) is 6.54 Å². The molecule has 0 heterocycles. The average molecular weight is 298 g/mol. The standard InChI is InChI=1S/C20H43N/c1-5-9-10-11-12-13-14-15-16-17-20(21-18-6-2)19(7-3)8-4/h19-21H,5-18H2,1-4H3. The quantitative estimate of drug-likeness (QED) is 0.312. The van der Waals surface area contributed by atoms with Crippen molar-refractivity contribution < 1.29 is 0 Å². The molecule has 0 aliphatic rings. The average Bonchev–Trinajstić information content (AvgIpc) is 2.51. The van der Waals surface area contributed by atoms with Crippen LogP contribution >= 0.6 is 0 Å². The highest BCUT2D eigenvalue weighted by Gasteiger charge is 2.16. The van der Waals surface area contributed by atoms with Gasteiger partial charge in [0.05, 0.1) is 0 Å². The zero-order chi connectivity index (χ0) is 15.8. The van der Waals surface area contributed by atoms with E-state index in [0.29, 0.717) is 0 Å². The lowest BCUT2D eigenvalue weighted by molar-refractivity contribution is 0.309. The molecule has 0 aliphatic heterocycles. The topological polar surface area (TPSA) is 12.0 Å². The van der Waals surface area contributed by atoms with E-state index in [4.69, 9.17) is 0 Å². The largest absolute Gasteiger partial charge is 0.314 e. The van der Waals surface area contributed by atoms with Crippen molar-refractivity contribution in [2.24, 2.45) is 5.92 Å². The molecule has 1 nitrogen and oxygen atoms in total. The van der Waals surface area contributed by atoms with E-state index in [0.717, 1.165) is 12.0 Å². The molecule has 0 radical (unpaired) electrons. The van der Waals surface area contributed by atoms with Crippen LogP contribution in [0.25, 0.3) is 0 Å². The van der Waals surface area contributed by atoms with Crippen molar-refractivity contribution in [1.29, 1.82) is 0 Å². The zero-order valence-corrected chi connectivity index (χ0v) is 15.6. The van der Waals surface area contributed by atoms with Gasteiger partial charge < -0.3 is 5.32 Å². The van der Waals surface area contributed by atoms with E-state index in [1.54, 1.807) is 0 Å². The van der Waals surface area contributed by atoms with Gasteiger partial charge in [-0.15, -0.1) is 0 Å². The monoisotopic (exact) mass is 297 g/mol. The number of nitrogens with one attached hydrogen (secondary N) is 1. The lowest BCUT2D eigenvalue weighted by Crippen LogP contribution is -2.36. The summed E-state index contributed by atoms with van der Waals surface area (Å²) in [6.45, 7) is 10.5. The predicted molar refractivity (Wildman–Crippen MR) is 98.0 cm³/mol. The Morgan fingerprint density at radius 2 is 1.14 bits per heavy atom. The lowest BCUT2D eigenvalue weighted by Gasteiger charge is -2.26. The van der Waals surface area contributed by atoms with Crippen LogP contribution in [-0.2, 0) is 0 Å². The third kappa shape index (κ3) is 12.2. The Morgan fingerprint density at radius 1 is 0.619 bits per heavy atom. The minimum atomic E-state index is 0.768. The van der Waals surface area contributed by atoms with Gasteiger partial charge in [-0.05, 0) is 25.3 Å². The Kier molecular flexibility index (Phi) is 16.3. The second-order valence-electron chi connectivity index (χ2n) is 6.75. The molecule has 1 atom stereocenters. The number of rotatable bonds is 16. The van der Waals surface area contributed by atoms with Crippen LogP contribution in [0.3, 0.4) is 0 Å². The number of hydrogen-bond acceptors (Lipinski definition) is 1. The summed E-state index contributed by atoms with van der Waals surface area (Å²) in [5.74, 6) is 0.880. The first-order valence-corrected chi connectivity index (χ1v) is 10.0. The molecule has 1 heteroatoms. The van der Waals surface area contributed by atoms with E-state index in [9.17, 15) is 0 Å². The highest BCUT2D eigenvalue weighted by molar-refractivity contribution is 4.74. The van der Waals surface area contributed by atoms with Crippen LogP contribution in [0.4, 0.5) is 0 Å². The minimum Gasteiger partial charge on any atom is -0.314 e. The first kappa shape index (κ1) is 21.0. The van der Waals surface area contributed by atoms with Crippen LogP contribution in [0.1, 0.15) is 111 Å². The fourth-order valence-electron chi connectivity index (χ4n) is 3.37. The van der Waals surface area contributed by atoms with Crippen molar-refractivity contribution in [3.63, 3.8) is 0 Å². The second kappa shape index (κ2) is 16.3. The van der Waals surface area contributed by atoms with Crippen LogP contribution in [-0.4, -0.2) is 12.6 Å². The van der Waals surface area contributed by atoms with E-state index >= 15 is 0 Å².